The van der Waals surface area contributed by atoms with Crippen LogP contribution in [0.1, 0.15) is 13.3 Å². The molecule has 0 spiro atoms. The molecule has 2 aromatic rings. The van der Waals surface area contributed by atoms with Crippen LogP contribution in [0.5, 0.6) is 0 Å². The SMILES string of the molecule is CCN(C)C(=O)N1CC[C@H](N(C)C(=O)Nc2ccc(-c3cc(F)cc(F)c3)cc2)C1. The standard InChI is InChI=1S/C22H26F2N4O2/c1-4-26(2)22(30)28-10-9-20(14-28)27(3)21(29)25-19-7-5-15(6-8-19)16-11-17(23)13-18(24)12-16/h5-8,11-13,20H,4,9-10,14H2,1-3H3,(H,25,29)/t20-/m0/s1. The van der Waals surface area contributed by atoms with Crippen molar-refractivity contribution in [2.45, 2.75) is 19.4 Å². The van der Waals surface area contributed by atoms with Crippen LogP contribution in [0.3, 0.4) is 0 Å². The first-order valence-electron chi connectivity index (χ1n) is 9.89. The Kier molecular flexibility index (Phi) is 6.54. The third kappa shape index (κ3) is 4.87. The number of urea groups is 2. The number of likely N-dealkylation sites (N-methyl/N-ethyl adjacent to an activating group) is 1. The number of nitrogens with zero attached hydrogens (tertiary/aromatic N) is 3. The highest BCUT2D eigenvalue weighted by Gasteiger charge is 2.32. The van der Waals surface area contributed by atoms with Crippen molar-refractivity contribution in [2.75, 3.05) is 39.0 Å². The molecule has 1 heterocycles. The Morgan fingerprint density at radius 2 is 1.70 bits per heavy atom. The van der Waals surface area contributed by atoms with Crippen molar-refractivity contribution in [3.63, 3.8) is 0 Å². The second kappa shape index (κ2) is 9.11. The number of hydrogen-bond donors (Lipinski definition) is 1. The average Bonchev–Trinajstić information content (AvgIpc) is 3.22. The fraction of sp³-hybridized carbons (Fsp3) is 0.364. The molecule has 1 aliphatic heterocycles. The quantitative estimate of drug-likeness (QED) is 0.811. The van der Waals surface area contributed by atoms with Crippen molar-refractivity contribution in [3.8, 4) is 11.1 Å². The van der Waals surface area contributed by atoms with Gasteiger partial charge in [0, 0.05) is 45.5 Å². The van der Waals surface area contributed by atoms with E-state index >= 15 is 0 Å². The van der Waals surface area contributed by atoms with Crippen molar-refractivity contribution < 1.29 is 18.4 Å². The summed E-state index contributed by atoms with van der Waals surface area (Å²) >= 11 is 0. The third-order valence-electron chi connectivity index (χ3n) is 5.43. The predicted molar refractivity (Wildman–Crippen MR) is 112 cm³/mol. The van der Waals surface area contributed by atoms with Gasteiger partial charge in [0.25, 0.3) is 0 Å². The number of carbonyl (C=O) groups excluding carboxylic acids is 2. The molecular formula is C22H26F2N4O2. The zero-order valence-corrected chi connectivity index (χ0v) is 17.4. The van der Waals surface area contributed by atoms with Gasteiger partial charge in [-0.25, -0.2) is 18.4 Å². The van der Waals surface area contributed by atoms with Gasteiger partial charge in [0.1, 0.15) is 11.6 Å². The molecule has 0 bridgehead atoms. The minimum absolute atomic E-state index is 0.0295. The van der Waals surface area contributed by atoms with E-state index in [0.29, 0.717) is 36.4 Å². The summed E-state index contributed by atoms with van der Waals surface area (Å²) in [5, 5.41) is 2.82. The first-order valence-corrected chi connectivity index (χ1v) is 9.89. The summed E-state index contributed by atoms with van der Waals surface area (Å²) in [5.41, 5.74) is 1.64. The lowest BCUT2D eigenvalue weighted by atomic mass is 10.1. The van der Waals surface area contributed by atoms with E-state index in [1.165, 1.54) is 12.1 Å². The van der Waals surface area contributed by atoms with Gasteiger partial charge in [-0.15, -0.1) is 0 Å². The van der Waals surface area contributed by atoms with E-state index in [2.05, 4.69) is 5.32 Å². The molecule has 0 unspecified atom stereocenters. The van der Waals surface area contributed by atoms with E-state index < -0.39 is 11.6 Å². The molecule has 30 heavy (non-hydrogen) atoms. The lowest BCUT2D eigenvalue weighted by Crippen LogP contribution is -2.44. The molecule has 4 amide bonds. The molecule has 160 valence electrons. The number of halogens is 2. The van der Waals surface area contributed by atoms with Gasteiger partial charge >= 0.3 is 12.1 Å². The van der Waals surface area contributed by atoms with Gasteiger partial charge in [-0.2, -0.15) is 0 Å². The van der Waals surface area contributed by atoms with Gasteiger partial charge in [0.2, 0.25) is 0 Å². The molecule has 3 rings (SSSR count). The van der Waals surface area contributed by atoms with E-state index in [1.54, 1.807) is 53.1 Å². The molecular weight excluding hydrogens is 390 g/mol. The van der Waals surface area contributed by atoms with Gasteiger partial charge in [-0.1, -0.05) is 12.1 Å². The highest BCUT2D eigenvalue weighted by molar-refractivity contribution is 5.89. The fourth-order valence-electron chi connectivity index (χ4n) is 3.45. The van der Waals surface area contributed by atoms with E-state index in [0.717, 1.165) is 12.5 Å². The molecule has 1 aliphatic rings. The van der Waals surface area contributed by atoms with Gasteiger partial charge in [0.05, 0.1) is 6.04 Å². The van der Waals surface area contributed by atoms with Crippen molar-refractivity contribution in [3.05, 3.63) is 54.1 Å². The highest BCUT2D eigenvalue weighted by atomic mass is 19.1. The maximum atomic E-state index is 13.4. The molecule has 8 heteroatoms. The summed E-state index contributed by atoms with van der Waals surface area (Å²) in [5.74, 6) is -1.28. The van der Waals surface area contributed by atoms with E-state index in [-0.39, 0.29) is 18.1 Å². The number of carbonyl (C=O) groups is 2. The second-order valence-corrected chi connectivity index (χ2v) is 7.46. The smallest absolute Gasteiger partial charge is 0.321 e. The van der Waals surface area contributed by atoms with Crippen LogP contribution >= 0.6 is 0 Å². The summed E-state index contributed by atoms with van der Waals surface area (Å²) in [6.07, 6.45) is 0.720. The lowest BCUT2D eigenvalue weighted by molar-refractivity contribution is 0.169. The fourth-order valence-corrected chi connectivity index (χ4v) is 3.45. The number of anilines is 1. The van der Waals surface area contributed by atoms with Crippen LogP contribution in [0.15, 0.2) is 42.5 Å². The lowest BCUT2D eigenvalue weighted by Gasteiger charge is -2.27. The molecule has 1 N–H and O–H groups in total. The Hall–Kier alpha value is -3.16. The van der Waals surface area contributed by atoms with E-state index in [9.17, 15) is 18.4 Å². The van der Waals surface area contributed by atoms with E-state index in [1.807, 2.05) is 6.92 Å². The average molecular weight is 416 g/mol. The normalized spacial score (nSPS) is 15.8. The minimum atomic E-state index is -0.641. The van der Waals surface area contributed by atoms with E-state index in [4.69, 9.17) is 0 Å². The van der Waals surface area contributed by atoms with Crippen LogP contribution < -0.4 is 5.32 Å². The van der Waals surface area contributed by atoms with Crippen LogP contribution in [0.25, 0.3) is 11.1 Å². The highest BCUT2D eigenvalue weighted by Crippen LogP contribution is 2.24. The van der Waals surface area contributed by atoms with Gasteiger partial charge in [-0.05, 0) is 48.7 Å². The summed E-state index contributed by atoms with van der Waals surface area (Å²) in [6.45, 7) is 3.66. The van der Waals surface area contributed by atoms with Crippen LogP contribution in [0.4, 0.5) is 24.1 Å². The Bertz CT molecular complexity index is 900. The number of nitrogens with one attached hydrogen (secondary N) is 1. The van der Waals surface area contributed by atoms with Crippen LogP contribution in [0.2, 0.25) is 0 Å². The Morgan fingerprint density at radius 3 is 2.30 bits per heavy atom. The number of likely N-dealkylation sites (tertiary alicyclic amines) is 1. The second-order valence-electron chi connectivity index (χ2n) is 7.46. The Labute approximate surface area is 175 Å². The molecule has 0 saturated carbocycles. The van der Waals surface area contributed by atoms with Crippen molar-refractivity contribution in [2.24, 2.45) is 0 Å². The zero-order valence-electron chi connectivity index (χ0n) is 17.4. The summed E-state index contributed by atoms with van der Waals surface area (Å²) < 4.78 is 26.8. The summed E-state index contributed by atoms with van der Waals surface area (Å²) in [7, 11) is 3.47. The third-order valence-corrected chi connectivity index (χ3v) is 5.43. The van der Waals surface area contributed by atoms with Gasteiger partial charge < -0.3 is 20.0 Å². The number of hydrogen-bond acceptors (Lipinski definition) is 2. The summed E-state index contributed by atoms with van der Waals surface area (Å²) in [4.78, 5) is 29.9. The Balaban J connectivity index is 1.60. The first kappa shape index (κ1) is 21.5. The van der Waals surface area contributed by atoms with Crippen LogP contribution in [-0.4, -0.2) is 66.5 Å². The molecule has 1 fully saturated rings. The van der Waals surface area contributed by atoms with Crippen LogP contribution in [-0.2, 0) is 0 Å². The van der Waals surface area contributed by atoms with Crippen molar-refractivity contribution >= 4 is 17.7 Å². The van der Waals surface area contributed by atoms with Gasteiger partial charge in [-0.3, -0.25) is 0 Å². The largest absolute Gasteiger partial charge is 0.328 e. The predicted octanol–water partition coefficient (Wildman–Crippen LogP) is 4.24. The monoisotopic (exact) mass is 416 g/mol. The topological polar surface area (TPSA) is 55.9 Å². The Morgan fingerprint density at radius 1 is 1.07 bits per heavy atom. The maximum absolute atomic E-state index is 13.4. The first-order chi connectivity index (χ1) is 14.3. The minimum Gasteiger partial charge on any atom is -0.328 e. The molecule has 2 aromatic carbocycles. The van der Waals surface area contributed by atoms with Crippen molar-refractivity contribution in [1.29, 1.82) is 0 Å². The molecule has 0 aliphatic carbocycles. The van der Waals surface area contributed by atoms with Crippen LogP contribution in [0, 0.1) is 11.6 Å². The van der Waals surface area contributed by atoms with Gasteiger partial charge in [0.15, 0.2) is 0 Å². The number of amides is 4. The summed E-state index contributed by atoms with van der Waals surface area (Å²) in [6, 6.07) is 9.73. The van der Waals surface area contributed by atoms with Crippen molar-refractivity contribution in [1.82, 2.24) is 14.7 Å². The molecule has 1 atom stereocenters. The molecule has 0 aromatic heterocycles. The molecule has 1 saturated heterocycles. The number of benzene rings is 2. The molecule has 0 radical (unpaired) electrons. The maximum Gasteiger partial charge on any atom is 0.321 e. The number of rotatable bonds is 4. The zero-order chi connectivity index (χ0) is 21.8. The molecule has 6 nitrogen and oxygen atoms in total.